The lowest BCUT2D eigenvalue weighted by Gasteiger charge is -2.18. The van der Waals surface area contributed by atoms with Crippen molar-refractivity contribution in [2.75, 3.05) is 25.0 Å². The van der Waals surface area contributed by atoms with Crippen molar-refractivity contribution in [3.05, 3.63) is 36.4 Å². The first-order chi connectivity index (χ1) is 13.3. The van der Waals surface area contributed by atoms with Gasteiger partial charge in [-0.25, -0.2) is 8.42 Å². The van der Waals surface area contributed by atoms with E-state index in [2.05, 4.69) is 17.5 Å². The quantitative estimate of drug-likeness (QED) is 0.529. The van der Waals surface area contributed by atoms with E-state index in [1.807, 2.05) is 0 Å². The van der Waals surface area contributed by atoms with Crippen LogP contribution in [0.1, 0.15) is 26.7 Å². The molecular weight excluding hydrogens is 380 g/mol. The number of fused-ring (bicyclic) bond motifs is 2. The number of carbonyl (C=O) groups is 2. The zero-order valence-electron chi connectivity index (χ0n) is 16.1. The smallest absolute Gasteiger partial charge is 0.310 e. The number of sulfonamides is 1. The molecule has 7 nitrogen and oxygen atoms in total. The van der Waals surface area contributed by atoms with E-state index >= 15 is 0 Å². The summed E-state index contributed by atoms with van der Waals surface area (Å²) in [6.07, 6.45) is 6.00. The first-order valence-electron chi connectivity index (χ1n) is 9.60. The van der Waals surface area contributed by atoms with E-state index in [1.54, 1.807) is 13.8 Å². The molecule has 0 unspecified atom stereocenters. The molecule has 1 N–H and O–H groups in total. The van der Waals surface area contributed by atoms with Crippen LogP contribution >= 0.6 is 0 Å². The molecule has 1 aromatic carbocycles. The second-order valence-electron chi connectivity index (χ2n) is 7.16. The Hall–Kier alpha value is -2.19. The molecule has 3 rings (SSSR count). The summed E-state index contributed by atoms with van der Waals surface area (Å²) in [5.74, 6) is -0.227. The Kier molecular flexibility index (Phi) is 6.20. The standard InChI is InChI=1S/C20H26N2O5S/c1-3-22(4-2)28(25,26)17-9-7-16(8-10-17)21-19(23)13-27-20(24)18-12-14-5-6-15(18)11-14/h5-10,14-15,18H,3-4,11-13H2,1-2H3,(H,21,23)/t14-,15-,18-/m1/s1. The van der Waals surface area contributed by atoms with Gasteiger partial charge in [-0.3, -0.25) is 9.59 Å². The summed E-state index contributed by atoms with van der Waals surface area (Å²) in [7, 11) is -3.54. The second-order valence-corrected chi connectivity index (χ2v) is 9.09. The number of hydrogen-bond donors (Lipinski definition) is 1. The largest absolute Gasteiger partial charge is 0.455 e. The third kappa shape index (κ3) is 4.28. The van der Waals surface area contributed by atoms with Crippen LogP contribution in [-0.4, -0.2) is 44.3 Å². The van der Waals surface area contributed by atoms with Gasteiger partial charge in [-0.05, 0) is 48.9 Å². The monoisotopic (exact) mass is 406 g/mol. The van der Waals surface area contributed by atoms with Crippen LogP contribution in [0.3, 0.4) is 0 Å². The number of rotatable bonds is 8. The molecule has 152 valence electrons. The zero-order chi connectivity index (χ0) is 20.3. The fourth-order valence-corrected chi connectivity index (χ4v) is 5.37. The molecule has 2 aliphatic rings. The predicted octanol–water partition coefficient (Wildman–Crippen LogP) is 2.41. The Balaban J connectivity index is 1.52. The fourth-order valence-electron chi connectivity index (χ4n) is 3.92. The van der Waals surface area contributed by atoms with Gasteiger partial charge in [-0.1, -0.05) is 26.0 Å². The lowest BCUT2D eigenvalue weighted by molar-refractivity contribution is -0.152. The van der Waals surface area contributed by atoms with Gasteiger partial charge in [0.25, 0.3) is 5.91 Å². The number of allylic oxidation sites excluding steroid dienone is 2. The molecule has 0 heterocycles. The molecule has 0 spiro atoms. The van der Waals surface area contributed by atoms with Gasteiger partial charge in [0.2, 0.25) is 10.0 Å². The van der Waals surface area contributed by atoms with Crippen LogP contribution in [0.15, 0.2) is 41.3 Å². The van der Waals surface area contributed by atoms with Crippen LogP contribution in [0.5, 0.6) is 0 Å². The highest BCUT2D eigenvalue weighted by Gasteiger charge is 2.40. The van der Waals surface area contributed by atoms with Gasteiger partial charge < -0.3 is 10.1 Å². The highest BCUT2D eigenvalue weighted by atomic mass is 32.2. The molecule has 1 fully saturated rings. The van der Waals surface area contributed by atoms with Crippen molar-refractivity contribution in [2.24, 2.45) is 17.8 Å². The molecule has 1 saturated carbocycles. The number of ether oxygens (including phenoxy) is 1. The van der Waals surface area contributed by atoms with E-state index in [0.717, 1.165) is 12.8 Å². The summed E-state index contributed by atoms with van der Waals surface area (Å²) in [5.41, 5.74) is 0.447. The van der Waals surface area contributed by atoms with Gasteiger partial charge in [0.15, 0.2) is 6.61 Å². The zero-order valence-corrected chi connectivity index (χ0v) is 16.9. The van der Waals surface area contributed by atoms with Gasteiger partial charge in [0.05, 0.1) is 10.8 Å². The van der Waals surface area contributed by atoms with Crippen LogP contribution in [-0.2, 0) is 24.3 Å². The molecule has 2 bridgehead atoms. The van der Waals surface area contributed by atoms with Crippen LogP contribution in [0, 0.1) is 17.8 Å². The van der Waals surface area contributed by atoms with Gasteiger partial charge >= 0.3 is 5.97 Å². The highest BCUT2D eigenvalue weighted by Crippen LogP contribution is 2.43. The van der Waals surface area contributed by atoms with Crippen molar-refractivity contribution in [1.82, 2.24) is 4.31 Å². The van der Waals surface area contributed by atoms with E-state index in [9.17, 15) is 18.0 Å². The summed E-state index contributed by atoms with van der Waals surface area (Å²) in [5, 5.41) is 2.62. The third-order valence-corrected chi connectivity index (χ3v) is 7.47. The first kappa shape index (κ1) is 20.5. The molecule has 1 aromatic rings. The minimum Gasteiger partial charge on any atom is -0.455 e. The molecule has 3 atom stereocenters. The molecule has 1 amide bonds. The number of anilines is 1. The molecule has 8 heteroatoms. The van der Waals surface area contributed by atoms with Crippen LogP contribution in [0.2, 0.25) is 0 Å². The van der Waals surface area contributed by atoms with Crippen LogP contribution in [0.25, 0.3) is 0 Å². The van der Waals surface area contributed by atoms with Gasteiger partial charge in [-0.15, -0.1) is 0 Å². The fraction of sp³-hybridized carbons (Fsp3) is 0.500. The summed E-state index contributed by atoms with van der Waals surface area (Å²) >= 11 is 0. The van der Waals surface area contributed by atoms with Crippen molar-refractivity contribution in [3.63, 3.8) is 0 Å². The van der Waals surface area contributed by atoms with Crippen molar-refractivity contribution < 1.29 is 22.7 Å². The van der Waals surface area contributed by atoms with Gasteiger partial charge in [-0.2, -0.15) is 4.31 Å². The molecule has 0 radical (unpaired) electrons. The minimum atomic E-state index is -3.54. The van der Waals surface area contributed by atoms with Crippen molar-refractivity contribution in [1.29, 1.82) is 0 Å². The van der Waals surface area contributed by atoms with E-state index in [1.165, 1.54) is 28.6 Å². The van der Waals surface area contributed by atoms with Crippen LogP contribution < -0.4 is 5.32 Å². The number of esters is 1. The summed E-state index contributed by atoms with van der Waals surface area (Å²) < 4.78 is 31.5. The number of carbonyl (C=O) groups excluding carboxylic acids is 2. The van der Waals surface area contributed by atoms with Crippen molar-refractivity contribution >= 4 is 27.6 Å². The Labute approximate surface area is 165 Å². The average molecular weight is 407 g/mol. The Morgan fingerprint density at radius 1 is 1.11 bits per heavy atom. The number of hydrogen-bond acceptors (Lipinski definition) is 5. The maximum atomic E-state index is 12.5. The van der Waals surface area contributed by atoms with E-state index in [0.29, 0.717) is 24.7 Å². The highest BCUT2D eigenvalue weighted by molar-refractivity contribution is 7.89. The molecule has 0 aromatic heterocycles. The minimum absolute atomic E-state index is 0.146. The Bertz CT molecular complexity index is 859. The summed E-state index contributed by atoms with van der Waals surface area (Å²) in [4.78, 5) is 24.4. The van der Waals surface area contributed by atoms with Gasteiger partial charge in [0, 0.05) is 18.8 Å². The number of benzene rings is 1. The van der Waals surface area contributed by atoms with E-state index < -0.39 is 15.9 Å². The number of nitrogens with one attached hydrogen (secondary N) is 1. The maximum Gasteiger partial charge on any atom is 0.310 e. The third-order valence-electron chi connectivity index (χ3n) is 5.41. The van der Waals surface area contributed by atoms with Crippen molar-refractivity contribution in [3.8, 4) is 0 Å². The first-order valence-corrected chi connectivity index (χ1v) is 11.0. The average Bonchev–Trinajstić information content (AvgIpc) is 3.31. The second kappa shape index (κ2) is 8.45. The lowest BCUT2D eigenvalue weighted by atomic mass is 9.94. The molecular formula is C20H26N2O5S. The van der Waals surface area contributed by atoms with Gasteiger partial charge in [0.1, 0.15) is 0 Å². The summed E-state index contributed by atoms with van der Waals surface area (Å²) in [6, 6.07) is 5.96. The lowest BCUT2D eigenvalue weighted by Crippen LogP contribution is -2.30. The summed E-state index contributed by atoms with van der Waals surface area (Å²) in [6.45, 7) is 3.99. The topological polar surface area (TPSA) is 92.8 Å². The van der Waals surface area contributed by atoms with E-state index in [4.69, 9.17) is 4.74 Å². The molecule has 0 saturated heterocycles. The Morgan fingerprint density at radius 3 is 2.32 bits per heavy atom. The van der Waals surface area contributed by atoms with E-state index in [-0.39, 0.29) is 29.3 Å². The predicted molar refractivity (Wildman–Crippen MR) is 105 cm³/mol. The maximum absolute atomic E-state index is 12.5. The molecule has 28 heavy (non-hydrogen) atoms. The molecule has 0 aliphatic heterocycles. The van der Waals surface area contributed by atoms with Crippen molar-refractivity contribution in [2.45, 2.75) is 31.6 Å². The number of nitrogens with zero attached hydrogens (tertiary/aromatic N) is 1. The number of amides is 1. The normalized spacial score (nSPS) is 23.2. The SMILES string of the molecule is CCN(CC)S(=O)(=O)c1ccc(NC(=O)COC(=O)[C@@H]2C[C@@H]3C=C[C@@H]2C3)cc1. The molecule has 2 aliphatic carbocycles. The Morgan fingerprint density at radius 2 is 1.79 bits per heavy atom. The van der Waals surface area contributed by atoms with Crippen LogP contribution in [0.4, 0.5) is 5.69 Å².